The average molecular weight is 361 g/mol. The summed E-state index contributed by atoms with van der Waals surface area (Å²) in [7, 11) is 0. The van der Waals surface area contributed by atoms with Crippen LogP contribution in [0.5, 0.6) is 0 Å². The lowest BCUT2D eigenvalue weighted by molar-refractivity contribution is -0.715. The van der Waals surface area contributed by atoms with E-state index in [-0.39, 0.29) is 11.9 Å². The summed E-state index contributed by atoms with van der Waals surface area (Å²) in [5.41, 5.74) is 2.06. The molecule has 1 saturated heterocycles. The Bertz CT molecular complexity index is 583. The molecule has 2 fully saturated rings. The Hall–Kier alpha value is -1.59. The summed E-state index contributed by atoms with van der Waals surface area (Å²) < 4.78 is 5.40. The molecule has 0 bridgehead atoms. The van der Waals surface area contributed by atoms with Crippen LogP contribution in [0.4, 0.5) is 11.4 Å². The Kier molecular flexibility index (Phi) is 6.54. The van der Waals surface area contributed by atoms with E-state index in [1.54, 1.807) is 0 Å². The largest absolute Gasteiger partial charge is 0.378 e. The number of nitrogens with one attached hydrogen (secondary N) is 1. The van der Waals surface area contributed by atoms with Gasteiger partial charge in [-0.25, -0.2) is 0 Å². The first-order valence-electron chi connectivity index (χ1n) is 10.1. The van der Waals surface area contributed by atoms with Gasteiger partial charge in [0.25, 0.3) is 5.91 Å². The summed E-state index contributed by atoms with van der Waals surface area (Å²) in [4.78, 5) is 14.9. The minimum Gasteiger partial charge on any atom is -0.378 e. The molecule has 1 aromatic rings. The summed E-state index contributed by atoms with van der Waals surface area (Å²) >= 11 is 0. The van der Waals surface area contributed by atoms with Gasteiger partial charge < -0.3 is 20.3 Å². The number of carbonyl (C=O) groups is 1. The van der Waals surface area contributed by atoms with Gasteiger partial charge in [0.15, 0.2) is 6.04 Å². The van der Waals surface area contributed by atoms with Gasteiger partial charge in [0, 0.05) is 30.4 Å². The lowest BCUT2D eigenvalue weighted by Gasteiger charge is -2.33. The minimum atomic E-state index is -0.0633. The minimum absolute atomic E-state index is 0.0633. The van der Waals surface area contributed by atoms with Gasteiger partial charge in [-0.3, -0.25) is 4.79 Å². The second-order valence-corrected chi connectivity index (χ2v) is 8.05. The monoisotopic (exact) mass is 360 g/mol. The van der Waals surface area contributed by atoms with Gasteiger partial charge in [-0.2, -0.15) is 0 Å². The second kappa shape index (κ2) is 8.87. The third-order valence-electron chi connectivity index (χ3n) is 6.23. The molecule has 0 spiro atoms. The van der Waals surface area contributed by atoms with Crippen molar-refractivity contribution in [3.05, 3.63) is 24.3 Å². The molecule has 0 unspecified atom stereocenters. The van der Waals surface area contributed by atoms with Crippen molar-refractivity contribution < 1.29 is 14.8 Å². The van der Waals surface area contributed by atoms with E-state index in [0.717, 1.165) is 37.9 Å². The van der Waals surface area contributed by atoms with Crippen molar-refractivity contribution in [3.63, 3.8) is 0 Å². The molecule has 1 saturated carbocycles. The third-order valence-corrected chi connectivity index (χ3v) is 6.23. The number of amides is 1. The fourth-order valence-corrected chi connectivity index (χ4v) is 4.19. The van der Waals surface area contributed by atoms with E-state index >= 15 is 0 Å². The molecule has 2 aliphatic rings. The summed E-state index contributed by atoms with van der Waals surface area (Å²) in [5.74, 6) is 1.52. The maximum atomic E-state index is 12.6. The molecule has 0 aromatic heterocycles. The van der Waals surface area contributed by atoms with Crippen molar-refractivity contribution in [2.75, 3.05) is 36.5 Å². The van der Waals surface area contributed by atoms with Crippen LogP contribution in [-0.4, -0.2) is 44.3 Å². The number of hydrogen-bond donors (Lipinski definition) is 2. The number of anilines is 2. The zero-order chi connectivity index (χ0) is 18.5. The summed E-state index contributed by atoms with van der Waals surface area (Å²) in [6, 6.07) is 8.66. The molecule has 1 aliphatic heterocycles. The molecule has 144 valence electrons. The fraction of sp³-hybridized carbons (Fsp3) is 0.667. The SMILES string of the molecule is C[C@@H]1[C@@H](C)CCC[C@H]1[NH2+][C@@H](C)C(=O)Nc1ccc(N2CCOCC2)cc1. The van der Waals surface area contributed by atoms with Crippen LogP contribution in [0.2, 0.25) is 0 Å². The maximum absolute atomic E-state index is 12.6. The highest BCUT2D eigenvalue weighted by Gasteiger charge is 2.32. The molecule has 1 aliphatic carbocycles. The number of carbonyl (C=O) groups excluding carboxylic acids is 1. The van der Waals surface area contributed by atoms with Crippen molar-refractivity contribution in [1.82, 2.24) is 0 Å². The number of benzene rings is 1. The first-order chi connectivity index (χ1) is 12.5. The molecule has 1 amide bonds. The first-order valence-corrected chi connectivity index (χ1v) is 10.1. The molecule has 1 heterocycles. The van der Waals surface area contributed by atoms with Crippen LogP contribution < -0.4 is 15.5 Å². The Labute approximate surface area is 157 Å². The number of nitrogens with two attached hydrogens (primary N) is 1. The van der Waals surface area contributed by atoms with Crippen molar-refractivity contribution in [1.29, 1.82) is 0 Å². The fourth-order valence-electron chi connectivity index (χ4n) is 4.19. The zero-order valence-corrected chi connectivity index (χ0v) is 16.4. The van der Waals surface area contributed by atoms with Crippen LogP contribution in [-0.2, 0) is 9.53 Å². The van der Waals surface area contributed by atoms with E-state index in [1.165, 1.54) is 24.9 Å². The molecular formula is C21H34N3O2+. The molecule has 5 nitrogen and oxygen atoms in total. The number of morpholine rings is 1. The Balaban J connectivity index is 1.52. The number of hydrogen-bond acceptors (Lipinski definition) is 3. The molecule has 5 heteroatoms. The van der Waals surface area contributed by atoms with E-state index < -0.39 is 0 Å². The predicted molar refractivity (Wildman–Crippen MR) is 105 cm³/mol. The standard InChI is InChI=1S/C21H33N3O2/c1-15-5-4-6-20(16(15)2)22-17(3)21(25)23-18-7-9-19(10-8-18)24-11-13-26-14-12-24/h7-10,15-17,20,22H,4-6,11-14H2,1-3H3,(H,23,25)/p+1/t15-,16+,17-,20+/m0/s1. The van der Waals surface area contributed by atoms with Crippen molar-refractivity contribution >= 4 is 17.3 Å². The number of quaternary nitrogens is 1. The van der Waals surface area contributed by atoms with E-state index in [0.29, 0.717) is 12.0 Å². The van der Waals surface area contributed by atoms with E-state index in [4.69, 9.17) is 4.74 Å². The second-order valence-electron chi connectivity index (χ2n) is 8.05. The van der Waals surface area contributed by atoms with E-state index in [1.807, 2.05) is 19.1 Å². The molecule has 0 radical (unpaired) electrons. The van der Waals surface area contributed by atoms with Crippen molar-refractivity contribution in [3.8, 4) is 0 Å². The van der Waals surface area contributed by atoms with Crippen LogP contribution >= 0.6 is 0 Å². The van der Waals surface area contributed by atoms with Gasteiger partial charge in [0.2, 0.25) is 0 Å². The average Bonchev–Trinajstić information content (AvgIpc) is 2.66. The third kappa shape index (κ3) is 4.77. The highest BCUT2D eigenvalue weighted by atomic mass is 16.5. The van der Waals surface area contributed by atoms with E-state index in [2.05, 4.69) is 41.5 Å². The summed E-state index contributed by atoms with van der Waals surface area (Å²) in [6.07, 6.45) is 3.82. The van der Waals surface area contributed by atoms with Crippen LogP contribution in [0.15, 0.2) is 24.3 Å². The van der Waals surface area contributed by atoms with Crippen LogP contribution in [0.3, 0.4) is 0 Å². The van der Waals surface area contributed by atoms with Gasteiger partial charge in [0.1, 0.15) is 0 Å². The van der Waals surface area contributed by atoms with Gasteiger partial charge in [-0.05, 0) is 56.4 Å². The highest BCUT2D eigenvalue weighted by Crippen LogP contribution is 2.27. The Morgan fingerprint density at radius 3 is 2.58 bits per heavy atom. The van der Waals surface area contributed by atoms with Crippen LogP contribution in [0.25, 0.3) is 0 Å². The van der Waals surface area contributed by atoms with Gasteiger partial charge in [0.05, 0.1) is 19.3 Å². The van der Waals surface area contributed by atoms with Gasteiger partial charge >= 0.3 is 0 Å². The van der Waals surface area contributed by atoms with Crippen LogP contribution in [0, 0.1) is 11.8 Å². The number of rotatable bonds is 5. The normalized spacial score (nSPS) is 27.8. The number of ether oxygens (including phenoxy) is 1. The topological polar surface area (TPSA) is 58.2 Å². The Morgan fingerprint density at radius 1 is 1.19 bits per heavy atom. The van der Waals surface area contributed by atoms with Gasteiger partial charge in [-0.1, -0.05) is 13.8 Å². The molecule has 1 aromatic carbocycles. The predicted octanol–water partition coefficient (Wildman–Crippen LogP) is 2.24. The van der Waals surface area contributed by atoms with Crippen molar-refractivity contribution in [2.45, 2.75) is 52.1 Å². The zero-order valence-electron chi connectivity index (χ0n) is 16.4. The Morgan fingerprint density at radius 2 is 1.88 bits per heavy atom. The lowest BCUT2D eigenvalue weighted by Crippen LogP contribution is -2.97. The quantitative estimate of drug-likeness (QED) is 0.847. The molecular weight excluding hydrogens is 326 g/mol. The first kappa shape index (κ1) is 19.2. The van der Waals surface area contributed by atoms with Gasteiger partial charge in [-0.15, -0.1) is 0 Å². The van der Waals surface area contributed by atoms with Crippen molar-refractivity contribution in [2.24, 2.45) is 11.8 Å². The summed E-state index contributed by atoms with van der Waals surface area (Å²) in [5, 5.41) is 5.35. The van der Waals surface area contributed by atoms with E-state index in [9.17, 15) is 4.79 Å². The molecule has 26 heavy (non-hydrogen) atoms. The lowest BCUT2D eigenvalue weighted by atomic mass is 9.78. The maximum Gasteiger partial charge on any atom is 0.282 e. The summed E-state index contributed by atoms with van der Waals surface area (Å²) in [6.45, 7) is 10.1. The smallest absolute Gasteiger partial charge is 0.282 e. The number of nitrogens with zero attached hydrogens (tertiary/aromatic N) is 1. The molecule has 4 atom stereocenters. The molecule has 3 rings (SSSR count). The highest BCUT2D eigenvalue weighted by molar-refractivity contribution is 5.93. The molecule has 3 N–H and O–H groups in total. The van der Waals surface area contributed by atoms with Crippen LogP contribution in [0.1, 0.15) is 40.0 Å².